The average molecular weight is 296 g/mol. The molecule has 4 nitrogen and oxygen atoms in total. The highest BCUT2D eigenvalue weighted by molar-refractivity contribution is 5.94. The van der Waals surface area contributed by atoms with Crippen molar-refractivity contribution in [2.45, 2.75) is 19.1 Å². The van der Waals surface area contributed by atoms with E-state index in [0.717, 1.165) is 16.9 Å². The molecule has 0 radical (unpaired) electrons. The number of methoxy groups -OCH3 is 1. The lowest BCUT2D eigenvalue weighted by Gasteiger charge is -2.35. The normalized spacial score (nSPS) is 21.0. The number of nitrogens with zero attached hydrogens (tertiary/aromatic N) is 2. The SMILES string of the molecule is COc1ccc(C2=NN(C)[C@@H](C)[C@@H](c3ccccc3)O2)cc1. The molecule has 0 saturated heterocycles. The van der Waals surface area contributed by atoms with Crippen LogP contribution in [0.15, 0.2) is 59.7 Å². The van der Waals surface area contributed by atoms with Crippen LogP contribution in [0, 0.1) is 0 Å². The van der Waals surface area contributed by atoms with Crippen molar-refractivity contribution in [1.82, 2.24) is 5.01 Å². The molecule has 0 aliphatic carbocycles. The van der Waals surface area contributed by atoms with E-state index in [1.165, 1.54) is 0 Å². The molecule has 114 valence electrons. The maximum atomic E-state index is 6.18. The van der Waals surface area contributed by atoms with E-state index in [4.69, 9.17) is 9.47 Å². The molecule has 1 heterocycles. The molecule has 0 amide bonds. The zero-order valence-corrected chi connectivity index (χ0v) is 13.1. The molecule has 1 aliphatic heterocycles. The maximum absolute atomic E-state index is 6.18. The lowest BCUT2D eigenvalue weighted by atomic mass is 10.0. The third kappa shape index (κ3) is 2.77. The lowest BCUT2D eigenvalue weighted by Crippen LogP contribution is -2.39. The standard InChI is InChI=1S/C18H20N2O2/c1-13-17(14-7-5-4-6-8-14)22-18(19-20(13)2)15-9-11-16(21-3)12-10-15/h4-13,17H,1-3H3/t13-,17-/m0/s1. The van der Waals surface area contributed by atoms with Gasteiger partial charge in [0.25, 0.3) is 0 Å². The maximum Gasteiger partial charge on any atom is 0.238 e. The Bertz CT molecular complexity index is 653. The minimum atomic E-state index is -0.0409. The summed E-state index contributed by atoms with van der Waals surface area (Å²) in [6.45, 7) is 2.12. The van der Waals surface area contributed by atoms with E-state index >= 15 is 0 Å². The van der Waals surface area contributed by atoms with Crippen LogP contribution in [0.25, 0.3) is 0 Å². The van der Waals surface area contributed by atoms with Gasteiger partial charge in [0.1, 0.15) is 11.9 Å². The fourth-order valence-electron chi connectivity index (χ4n) is 2.52. The number of likely N-dealkylation sites (N-methyl/N-ethyl adjacent to an activating group) is 1. The van der Waals surface area contributed by atoms with E-state index in [2.05, 4.69) is 24.2 Å². The van der Waals surface area contributed by atoms with Gasteiger partial charge in [-0.3, -0.25) is 5.01 Å². The summed E-state index contributed by atoms with van der Waals surface area (Å²) in [5, 5.41) is 6.51. The fourth-order valence-corrected chi connectivity index (χ4v) is 2.52. The van der Waals surface area contributed by atoms with Crippen molar-refractivity contribution >= 4 is 5.90 Å². The smallest absolute Gasteiger partial charge is 0.238 e. The largest absolute Gasteiger partial charge is 0.497 e. The summed E-state index contributed by atoms with van der Waals surface area (Å²) in [4.78, 5) is 0. The molecule has 2 atom stereocenters. The summed E-state index contributed by atoms with van der Waals surface area (Å²) in [7, 11) is 3.64. The van der Waals surface area contributed by atoms with E-state index in [1.54, 1.807) is 7.11 Å². The molecule has 3 rings (SSSR count). The highest BCUT2D eigenvalue weighted by Gasteiger charge is 2.30. The first kappa shape index (κ1) is 14.4. The summed E-state index contributed by atoms with van der Waals surface area (Å²) in [6.07, 6.45) is -0.0409. The van der Waals surface area contributed by atoms with Crippen LogP contribution in [0.1, 0.15) is 24.2 Å². The lowest BCUT2D eigenvalue weighted by molar-refractivity contribution is 0.0532. The molecule has 2 aromatic carbocycles. The first-order chi connectivity index (χ1) is 10.7. The van der Waals surface area contributed by atoms with Crippen molar-refractivity contribution in [2.24, 2.45) is 5.10 Å². The van der Waals surface area contributed by atoms with Crippen molar-refractivity contribution in [3.63, 3.8) is 0 Å². The van der Waals surface area contributed by atoms with Crippen molar-refractivity contribution < 1.29 is 9.47 Å². The monoisotopic (exact) mass is 296 g/mol. The summed E-state index contributed by atoms with van der Waals surface area (Å²) >= 11 is 0. The van der Waals surface area contributed by atoms with Crippen LogP contribution in [0.3, 0.4) is 0 Å². The summed E-state index contributed by atoms with van der Waals surface area (Å²) < 4.78 is 11.4. The van der Waals surface area contributed by atoms with Gasteiger partial charge in [0.2, 0.25) is 5.90 Å². The number of rotatable bonds is 3. The quantitative estimate of drug-likeness (QED) is 0.870. The van der Waals surface area contributed by atoms with Crippen LogP contribution in [-0.2, 0) is 4.74 Å². The first-order valence-corrected chi connectivity index (χ1v) is 7.36. The Morgan fingerprint density at radius 3 is 2.36 bits per heavy atom. The van der Waals surface area contributed by atoms with Crippen LogP contribution in [0.4, 0.5) is 0 Å². The van der Waals surface area contributed by atoms with Gasteiger partial charge in [0.05, 0.1) is 13.2 Å². The van der Waals surface area contributed by atoms with Gasteiger partial charge < -0.3 is 9.47 Å². The molecule has 0 unspecified atom stereocenters. The number of benzene rings is 2. The molecule has 0 bridgehead atoms. The predicted octanol–water partition coefficient (Wildman–Crippen LogP) is 3.45. The van der Waals surface area contributed by atoms with Gasteiger partial charge in [0.15, 0.2) is 0 Å². The Morgan fingerprint density at radius 1 is 1.05 bits per heavy atom. The molecular weight excluding hydrogens is 276 g/mol. The van der Waals surface area contributed by atoms with Crippen LogP contribution in [0.2, 0.25) is 0 Å². The third-order valence-corrected chi connectivity index (χ3v) is 3.98. The number of hydrogen-bond acceptors (Lipinski definition) is 4. The second kappa shape index (κ2) is 6.10. The van der Waals surface area contributed by atoms with Crippen molar-refractivity contribution in [1.29, 1.82) is 0 Å². The molecule has 0 spiro atoms. The van der Waals surface area contributed by atoms with Crippen molar-refractivity contribution in [3.8, 4) is 5.75 Å². The van der Waals surface area contributed by atoms with Crippen molar-refractivity contribution in [2.75, 3.05) is 14.2 Å². The third-order valence-electron chi connectivity index (χ3n) is 3.98. The molecule has 0 fully saturated rings. The minimum absolute atomic E-state index is 0.0409. The van der Waals surface area contributed by atoms with E-state index in [0.29, 0.717) is 5.90 Å². The molecule has 22 heavy (non-hydrogen) atoms. The Balaban J connectivity index is 1.90. The Labute approximate surface area is 131 Å². The zero-order valence-electron chi connectivity index (χ0n) is 13.1. The number of hydrogen-bond donors (Lipinski definition) is 0. The average Bonchev–Trinajstić information content (AvgIpc) is 2.58. The van der Waals surface area contributed by atoms with Crippen LogP contribution >= 0.6 is 0 Å². The Hall–Kier alpha value is -2.49. The summed E-state index contributed by atoms with van der Waals surface area (Å²) in [5.74, 6) is 1.46. The summed E-state index contributed by atoms with van der Waals surface area (Å²) in [6, 6.07) is 18.2. The van der Waals surface area contributed by atoms with Gasteiger partial charge in [-0.05, 0) is 36.8 Å². The van der Waals surface area contributed by atoms with Gasteiger partial charge in [-0.25, -0.2) is 0 Å². The first-order valence-electron chi connectivity index (χ1n) is 7.36. The minimum Gasteiger partial charge on any atom is -0.497 e. The van der Waals surface area contributed by atoms with Gasteiger partial charge in [-0.2, -0.15) is 0 Å². The number of ether oxygens (including phenoxy) is 2. The highest BCUT2D eigenvalue weighted by Crippen LogP contribution is 2.30. The predicted molar refractivity (Wildman–Crippen MR) is 87.0 cm³/mol. The van der Waals surface area contributed by atoms with E-state index < -0.39 is 0 Å². The van der Waals surface area contributed by atoms with E-state index in [-0.39, 0.29) is 12.1 Å². The molecule has 2 aromatic rings. The topological polar surface area (TPSA) is 34.1 Å². The second-order valence-corrected chi connectivity index (χ2v) is 5.40. The van der Waals surface area contributed by atoms with Gasteiger partial charge in [-0.15, -0.1) is 5.10 Å². The summed E-state index contributed by atoms with van der Waals surface area (Å²) in [5.41, 5.74) is 2.10. The van der Waals surface area contributed by atoms with Gasteiger partial charge in [0, 0.05) is 12.6 Å². The van der Waals surface area contributed by atoms with E-state index in [1.807, 2.05) is 54.5 Å². The molecule has 0 saturated carbocycles. The second-order valence-electron chi connectivity index (χ2n) is 5.40. The Kier molecular flexibility index (Phi) is 4.00. The molecule has 4 heteroatoms. The van der Waals surface area contributed by atoms with Gasteiger partial charge >= 0.3 is 0 Å². The van der Waals surface area contributed by atoms with Gasteiger partial charge in [-0.1, -0.05) is 30.3 Å². The molecule has 0 N–H and O–H groups in total. The van der Waals surface area contributed by atoms with Crippen LogP contribution < -0.4 is 4.74 Å². The fraction of sp³-hybridized carbons (Fsp3) is 0.278. The molecule has 1 aliphatic rings. The highest BCUT2D eigenvalue weighted by atomic mass is 16.5. The van der Waals surface area contributed by atoms with E-state index in [9.17, 15) is 0 Å². The van der Waals surface area contributed by atoms with Crippen molar-refractivity contribution in [3.05, 3.63) is 65.7 Å². The Morgan fingerprint density at radius 2 is 1.73 bits per heavy atom. The van der Waals surface area contributed by atoms with Crippen LogP contribution in [-0.4, -0.2) is 31.1 Å². The molecular formula is C18H20N2O2. The molecule has 0 aromatic heterocycles. The van der Waals surface area contributed by atoms with Crippen LogP contribution in [0.5, 0.6) is 5.75 Å². The zero-order chi connectivity index (χ0) is 15.5. The number of hydrazone groups is 1.